The van der Waals surface area contributed by atoms with Crippen LogP contribution in [0.25, 0.3) is 0 Å². The van der Waals surface area contributed by atoms with E-state index < -0.39 is 0 Å². The first-order chi connectivity index (χ1) is 6.27. The Bertz CT molecular complexity index is 299. The van der Waals surface area contributed by atoms with Crippen molar-refractivity contribution in [3.05, 3.63) is 42.2 Å². The molecule has 1 aromatic rings. The average Bonchev–Trinajstić information content (AvgIpc) is 2.16. The van der Waals surface area contributed by atoms with Crippen molar-refractivity contribution >= 4 is 11.6 Å². The Morgan fingerprint density at radius 3 is 2.85 bits per heavy atom. The van der Waals surface area contributed by atoms with Gasteiger partial charge in [-0.05, 0) is 17.7 Å². The molecule has 0 spiro atoms. The summed E-state index contributed by atoms with van der Waals surface area (Å²) >= 11 is 5.53. The fraction of sp³-hybridized carbons (Fsp3) is 0.200. The Balaban J connectivity index is 2.78. The van der Waals surface area contributed by atoms with Crippen LogP contribution in [-0.2, 0) is 5.88 Å². The van der Waals surface area contributed by atoms with Gasteiger partial charge in [-0.1, -0.05) is 18.7 Å². The summed E-state index contributed by atoms with van der Waals surface area (Å²) in [6, 6.07) is 4.66. The Morgan fingerprint density at radius 1 is 1.54 bits per heavy atom. The summed E-state index contributed by atoms with van der Waals surface area (Å²) in [5.74, 6) is 0.146. The number of halogens is 2. The summed E-state index contributed by atoms with van der Waals surface area (Å²) in [4.78, 5) is 0. The van der Waals surface area contributed by atoms with E-state index in [1.165, 1.54) is 6.07 Å². The molecule has 0 heterocycles. The maximum absolute atomic E-state index is 13.1. The average molecular weight is 201 g/mol. The van der Waals surface area contributed by atoms with Gasteiger partial charge in [-0.3, -0.25) is 0 Å². The topological polar surface area (TPSA) is 9.23 Å². The summed E-state index contributed by atoms with van der Waals surface area (Å²) < 4.78 is 18.2. The molecule has 3 heteroatoms. The zero-order valence-corrected chi connectivity index (χ0v) is 7.85. The summed E-state index contributed by atoms with van der Waals surface area (Å²) in [5, 5.41) is 0. The van der Waals surface area contributed by atoms with Gasteiger partial charge in [0.25, 0.3) is 0 Å². The van der Waals surface area contributed by atoms with Crippen LogP contribution in [0.3, 0.4) is 0 Å². The van der Waals surface area contributed by atoms with Gasteiger partial charge < -0.3 is 4.74 Å². The van der Waals surface area contributed by atoms with Crippen LogP contribution in [0.2, 0.25) is 0 Å². The highest BCUT2D eigenvalue weighted by Gasteiger charge is 2.02. The number of ether oxygens (including phenoxy) is 1. The Hall–Kier alpha value is -1.02. The van der Waals surface area contributed by atoms with Crippen molar-refractivity contribution < 1.29 is 9.13 Å². The third-order valence-electron chi connectivity index (χ3n) is 1.51. The Kier molecular flexibility index (Phi) is 3.77. The summed E-state index contributed by atoms with van der Waals surface area (Å²) in [6.45, 7) is 3.77. The monoisotopic (exact) mass is 200 g/mol. The molecule has 0 aliphatic rings. The number of benzene rings is 1. The van der Waals surface area contributed by atoms with Gasteiger partial charge in [0.2, 0.25) is 0 Å². The summed E-state index contributed by atoms with van der Waals surface area (Å²) in [6.07, 6.45) is 1.56. The fourth-order valence-electron chi connectivity index (χ4n) is 0.893. The Morgan fingerprint density at radius 2 is 2.31 bits per heavy atom. The molecular weight excluding hydrogens is 191 g/mol. The maximum Gasteiger partial charge on any atom is 0.165 e. The highest BCUT2D eigenvalue weighted by Crippen LogP contribution is 2.19. The molecule has 0 unspecified atom stereocenters. The lowest BCUT2D eigenvalue weighted by molar-refractivity contribution is 0.342. The smallest absolute Gasteiger partial charge is 0.165 e. The van der Waals surface area contributed by atoms with Crippen molar-refractivity contribution in [1.82, 2.24) is 0 Å². The second-order valence-corrected chi connectivity index (χ2v) is 2.77. The lowest BCUT2D eigenvalue weighted by atomic mass is 10.2. The number of hydrogen-bond acceptors (Lipinski definition) is 1. The third kappa shape index (κ3) is 2.74. The lowest BCUT2D eigenvalue weighted by Crippen LogP contribution is -1.96. The zero-order chi connectivity index (χ0) is 9.68. The molecule has 0 aromatic heterocycles. The summed E-state index contributed by atoms with van der Waals surface area (Å²) in [5.41, 5.74) is 0.741. The van der Waals surface area contributed by atoms with Gasteiger partial charge in [0.05, 0.1) is 0 Å². The standard InChI is InChI=1S/C10H10ClFO/c1-2-5-13-10-4-3-8(7-11)6-9(10)12/h2-4,6H,1,5,7H2. The van der Waals surface area contributed by atoms with Crippen LogP contribution >= 0.6 is 11.6 Å². The van der Waals surface area contributed by atoms with Crippen LogP contribution < -0.4 is 4.74 Å². The van der Waals surface area contributed by atoms with Crippen molar-refractivity contribution in [1.29, 1.82) is 0 Å². The van der Waals surface area contributed by atoms with Crippen molar-refractivity contribution in [2.75, 3.05) is 6.61 Å². The molecule has 0 amide bonds. The highest BCUT2D eigenvalue weighted by molar-refractivity contribution is 6.17. The normalized spacial score (nSPS) is 9.69. The minimum Gasteiger partial charge on any atom is -0.486 e. The predicted octanol–water partition coefficient (Wildman–Crippen LogP) is 3.13. The largest absolute Gasteiger partial charge is 0.486 e. The van der Waals surface area contributed by atoms with Gasteiger partial charge in [0.1, 0.15) is 6.61 Å². The molecule has 0 aliphatic heterocycles. The first-order valence-corrected chi connectivity index (χ1v) is 4.39. The van der Waals surface area contributed by atoms with Crippen molar-refractivity contribution in [2.45, 2.75) is 5.88 Å². The van der Waals surface area contributed by atoms with E-state index in [-0.39, 0.29) is 11.6 Å². The van der Waals surface area contributed by atoms with Gasteiger partial charge >= 0.3 is 0 Å². The van der Waals surface area contributed by atoms with Gasteiger partial charge in [-0.25, -0.2) is 4.39 Å². The molecule has 1 rings (SSSR count). The SMILES string of the molecule is C=CCOc1ccc(CCl)cc1F. The molecule has 0 atom stereocenters. The van der Waals surface area contributed by atoms with Gasteiger partial charge in [0, 0.05) is 5.88 Å². The third-order valence-corrected chi connectivity index (χ3v) is 1.82. The van der Waals surface area contributed by atoms with E-state index in [0.29, 0.717) is 12.5 Å². The van der Waals surface area contributed by atoms with Crippen molar-refractivity contribution in [3.8, 4) is 5.75 Å². The molecule has 1 nitrogen and oxygen atoms in total. The van der Waals surface area contributed by atoms with E-state index in [2.05, 4.69) is 6.58 Å². The molecule has 13 heavy (non-hydrogen) atoms. The molecule has 0 radical (unpaired) electrons. The van der Waals surface area contributed by atoms with Crippen LogP contribution in [0.1, 0.15) is 5.56 Å². The number of hydrogen-bond donors (Lipinski definition) is 0. The zero-order valence-electron chi connectivity index (χ0n) is 7.09. The van der Waals surface area contributed by atoms with Crippen LogP contribution in [-0.4, -0.2) is 6.61 Å². The van der Waals surface area contributed by atoms with E-state index >= 15 is 0 Å². The minimum atomic E-state index is -0.389. The van der Waals surface area contributed by atoms with Gasteiger partial charge in [0.15, 0.2) is 11.6 Å². The van der Waals surface area contributed by atoms with E-state index in [9.17, 15) is 4.39 Å². The minimum absolute atomic E-state index is 0.230. The first kappa shape index (κ1) is 10.1. The Labute approximate surface area is 81.8 Å². The lowest BCUT2D eigenvalue weighted by Gasteiger charge is -2.04. The molecular formula is C10H10ClFO. The van der Waals surface area contributed by atoms with E-state index in [0.717, 1.165) is 5.56 Å². The molecule has 0 aliphatic carbocycles. The van der Waals surface area contributed by atoms with Crippen LogP contribution in [0.15, 0.2) is 30.9 Å². The van der Waals surface area contributed by atoms with Gasteiger partial charge in [-0.15, -0.1) is 11.6 Å². The van der Waals surface area contributed by atoms with Crippen LogP contribution in [0.4, 0.5) is 4.39 Å². The predicted molar refractivity (Wildman–Crippen MR) is 51.6 cm³/mol. The number of rotatable bonds is 4. The first-order valence-electron chi connectivity index (χ1n) is 3.86. The van der Waals surface area contributed by atoms with Gasteiger partial charge in [-0.2, -0.15) is 0 Å². The quantitative estimate of drug-likeness (QED) is 0.536. The summed E-state index contributed by atoms with van der Waals surface area (Å²) in [7, 11) is 0. The molecule has 1 aromatic carbocycles. The number of alkyl halides is 1. The van der Waals surface area contributed by atoms with Crippen molar-refractivity contribution in [3.63, 3.8) is 0 Å². The molecule has 0 N–H and O–H groups in total. The van der Waals surface area contributed by atoms with E-state index in [1.54, 1.807) is 18.2 Å². The highest BCUT2D eigenvalue weighted by atomic mass is 35.5. The second-order valence-electron chi connectivity index (χ2n) is 2.50. The molecule has 0 fully saturated rings. The molecule has 0 saturated carbocycles. The van der Waals surface area contributed by atoms with E-state index in [1.807, 2.05) is 0 Å². The van der Waals surface area contributed by atoms with Crippen LogP contribution in [0.5, 0.6) is 5.75 Å². The molecule has 70 valence electrons. The second kappa shape index (κ2) is 4.87. The van der Waals surface area contributed by atoms with Crippen molar-refractivity contribution in [2.24, 2.45) is 0 Å². The van der Waals surface area contributed by atoms with Crippen LogP contribution in [0, 0.1) is 5.82 Å². The molecule has 0 bridgehead atoms. The molecule has 0 saturated heterocycles. The maximum atomic E-state index is 13.1. The fourth-order valence-corrected chi connectivity index (χ4v) is 1.06. The van der Waals surface area contributed by atoms with E-state index in [4.69, 9.17) is 16.3 Å².